The maximum atomic E-state index is 12.2. The van der Waals surface area contributed by atoms with Gasteiger partial charge in [0.15, 0.2) is 5.58 Å². The molecule has 0 radical (unpaired) electrons. The van der Waals surface area contributed by atoms with Crippen molar-refractivity contribution in [2.45, 2.75) is 0 Å². The second kappa shape index (κ2) is 4.92. The number of nitrogens with one attached hydrogen (secondary N) is 1. The number of rotatable bonds is 2. The van der Waals surface area contributed by atoms with Crippen molar-refractivity contribution in [2.75, 3.05) is 0 Å². The van der Waals surface area contributed by atoms with Crippen LogP contribution in [0.15, 0.2) is 51.7 Å². The highest BCUT2D eigenvalue weighted by atomic mass is 16.7. The number of hydrogen-bond donors (Lipinski definition) is 1. The first kappa shape index (κ1) is 13.9. The van der Waals surface area contributed by atoms with Crippen molar-refractivity contribution in [1.82, 2.24) is 10.0 Å². The Morgan fingerprint density at radius 1 is 1.00 bits per heavy atom. The molecule has 4 rings (SSSR count). The molecule has 0 saturated heterocycles. The number of fused-ring (bicyclic) bond motifs is 2. The third kappa shape index (κ3) is 2.01. The summed E-state index contributed by atoms with van der Waals surface area (Å²) in [6.45, 7) is 0. The number of carbonyl (C=O) groups excluding carboxylic acids is 3. The van der Waals surface area contributed by atoms with Gasteiger partial charge < -0.3 is 9.25 Å². The predicted molar refractivity (Wildman–Crippen MR) is 79.2 cm³/mol. The van der Waals surface area contributed by atoms with Crippen LogP contribution in [0.1, 0.15) is 31.1 Å². The molecule has 0 spiro atoms. The number of nitrogens with zero attached hydrogens (tertiary/aromatic N) is 1. The fourth-order valence-electron chi connectivity index (χ4n) is 2.46. The highest BCUT2D eigenvalue weighted by molar-refractivity contribution is 6.21. The molecule has 2 aromatic carbocycles. The number of H-pyrrole nitrogens is 1. The van der Waals surface area contributed by atoms with E-state index in [2.05, 4.69) is 4.98 Å². The lowest BCUT2D eigenvalue weighted by molar-refractivity contribution is -0.0584. The van der Waals surface area contributed by atoms with Gasteiger partial charge in [0.25, 0.3) is 11.8 Å². The Morgan fingerprint density at radius 2 is 1.67 bits per heavy atom. The van der Waals surface area contributed by atoms with Crippen molar-refractivity contribution in [3.05, 3.63) is 69.7 Å². The predicted octanol–water partition coefficient (Wildman–Crippen LogP) is 1.49. The molecule has 8 nitrogen and oxygen atoms in total. The molecule has 0 saturated carbocycles. The van der Waals surface area contributed by atoms with Crippen LogP contribution in [0.4, 0.5) is 0 Å². The Morgan fingerprint density at radius 3 is 2.33 bits per heavy atom. The van der Waals surface area contributed by atoms with E-state index in [1.165, 1.54) is 30.3 Å². The van der Waals surface area contributed by atoms with Crippen LogP contribution in [0.25, 0.3) is 11.1 Å². The van der Waals surface area contributed by atoms with Gasteiger partial charge in [-0.1, -0.05) is 17.2 Å². The summed E-state index contributed by atoms with van der Waals surface area (Å²) in [5.74, 6) is -2.98. The average molecular weight is 324 g/mol. The lowest BCUT2D eigenvalue weighted by Crippen LogP contribution is -2.32. The van der Waals surface area contributed by atoms with Gasteiger partial charge in [0, 0.05) is 0 Å². The molecule has 0 atom stereocenters. The van der Waals surface area contributed by atoms with E-state index in [0.29, 0.717) is 10.6 Å². The molecular formula is C16H8N2O6. The van der Waals surface area contributed by atoms with Gasteiger partial charge in [0.05, 0.1) is 22.2 Å². The van der Waals surface area contributed by atoms with Crippen LogP contribution in [-0.4, -0.2) is 27.8 Å². The van der Waals surface area contributed by atoms with Gasteiger partial charge in [0.2, 0.25) is 0 Å². The van der Waals surface area contributed by atoms with Crippen LogP contribution >= 0.6 is 0 Å². The smallest absolute Gasteiger partial charge is 0.408 e. The van der Waals surface area contributed by atoms with E-state index < -0.39 is 23.5 Å². The lowest BCUT2D eigenvalue weighted by Gasteiger charge is -2.12. The summed E-state index contributed by atoms with van der Waals surface area (Å²) < 4.78 is 4.83. The number of benzene rings is 2. The first-order valence-electron chi connectivity index (χ1n) is 6.87. The van der Waals surface area contributed by atoms with Crippen molar-refractivity contribution in [3.63, 3.8) is 0 Å². The second-order valence-electron chi connectivity index (χ2n) is 5.05. The molecule has 0 fully saturated rings. The molecule has 0 bridgehead atoms. The first-order valence-corrected chi connectivity index (χ1v) is 6.87. The van der Waals surface area contributed by atoms with Crippen LogP contribution in [0.2, 0.25) is 0 Å². The quantitative estimate of drug-likeness (QED) is 0.715. The molecule has 0 aliphatic carbocycles. The molecule has 0 unspecified atom stereocenters. The number of hydroxylamine groups is 2. The van der Waals surface area contributed by atoms with E-state index in [1.54, 1.807) is 12.1 Å². The second-order valence-corrected chi connectivity index (χ2v) is 5.05. The van der Waals surface area contributed by atoms with Crippen LogP contribution < -0.4 is 5.76 Å². The summed E-state index contributed by atoms with van der Waals surface area (Å²) in [5.41, 5.74) is 0.972. The minimum Gasteiger partial charge on any atom is -0.408 e. The Kier molecular flexibility index (Phi) is 2.86. The first-order chi connectivity index (χ1) is 11.5. The SMILES string of the molecule is O=C(ON1C(=O)c2ccccc2C1=O)c1ccc2oc(=O)[nH]c2c1. The van der Waals surface area contributed by atoms with E-state index in [4.69, 9.17) is 9.25 Å². The molecule has 24 heavy (non-hydrogen) atoms. The largest absolute Gasteiger partial charge is 0.417 e. The fraction of sp³-hybridized carbons (Fsp3) is 0. The van der Waals surface area contributed by atoms with Gasteiger partial charge in [-0.2, -0.15) is 0 Å². The number of amides is 2. The van der Waals surface area contributed by atoms with Gasteiger partial charge in [-0.05, 0) is 30.3 Å². The zero-order valence-corrected chi connectivity index (χ0v) is 11.9. The Bertz CT molecular complexity index is 1040. The van der Waals surface area contributed by atoms with Crippen LogP contribution in [0.5, 0.6) is 0 Å². The number of aromatic amines is 1. The maximum Gasteiger partial charge on any atom is 0.417 e. The molecule has 1 aliphatic heterocycles. The van der Waals surface area contributed by atoms with E-state index in [0.717, 1.165) is 0 Å². The van der Waals surface area contributed by atoms with E-state index in [1.807, 2.05) is 0 Å². The summed E-state index contributed by atoms with van der Waals surface area (Å²) in [6.07, 6.45) is 0. The summed E-state index contributed by atoms with van der Waals surface area (Å²) in [6, 6.07) is 10.3. The number of carbonyl (C=O) groups is 3. The molecule has 3 aromatic rings. The average Bonchev–Trinajstić information content (AvgIpc) is 3.07. The third-order valence-corrected chi connectivity index (χ3v) is 3.59. The summed E-state index contributed by atoms with van der Waals surface area (Å²) in [7, 11) is 0. The normalized spacial score (nSPS) is 13.4. The van der Waals surface area contributed by atoms with Gasteiger partial charge in [0.1, 0.15) is 0 Å². The molecule has 2 heterocycles. The van der Waals surface area contributed by atoms with Crippen molar-refractivity contribution < 1.29 is 23.6 Å². The lowest BCUT2D eigenvalue weighted by atomic mass is 10.1. The molecule has 1 aromatic heterocycles. The number of imide groups is 1. The van der Waals surface area contributed by atoms with Crippen molar-refractivity contribution >= 4 is 28.9 Å². The molecule has 8 heteroatoms. The minimum atomic E-state index is -0.909. The van der Waals surface area contributed by atoms with Crippen molar-refractivity contribution in [3.8, 4) is 0 Å². The van der Waals surface area contributed by atoms with Crippen molar-refractivity contribution in [1.29, 1.82) is 0 Å². The van der Waals surface area contributed by atoms with Crippen LogP contribution in [-0.2, 0) is 4.84 Å². The van der Waals surface area contributed by atoms with Crippen LogP contribution in [0.3, 0.4) is 0 Å². The molecule has 1 N–H and O–H groups in total. The van der Waals surface area contributed by atoms with Crippen molar-refractivity contribution in [2.24, 2.45) is 0 Å². The highest BCUT2D eigenvalue weighted by Gasteiger charge is 2.38. The Hall–Kier alpha value is -3.68. The van der Waals surface area contributed by atoms with Crippen LogP contribution in [0, 0.1) is 0 Å². The fourth-order valence-corrected chi connectivity index (χ4v) is 2.46. The minimum absolute atomic E-state index is 0.0520. The number of aromatic nitrogens is 1. The highest BCUT2D eigenvalue weighted by Crippen LogP contribution is 2.23. The zero-order valence-electron chi connectivity index (χ0n) is 11.9. The zero-order chi connectivity index (χ0) is 16.8. The third-order valence-electron chi connectivity index (χ3n) is 3.59. The van der Waals surface area contributed by atoms with Gasteiger partial charge in [-0.15, -0.1) is 0 Å². The monoisotopic (exact) mass is 324 g/mol. The number of oxazole rings is 1. The molecule has 118 valence electrons. The molecule has 2 amide bonds. The maximum absolute atomic E-state index is 12.2. The van der Waals surface area contributed by atoms with Gasteiger partial charge in [-0.25, -0.2) is 9.59 Å². The van der Waals surface area contributed by atoms with Gasteiger partial charge >= 0.3 is 11.7 Å². The van der Waals surface area contributed by atoms with E-state index in [9.17, 15) is 19.2 Å². The summed E-state index contributed by atoms with van der Waals surface area (Å²) in [5, 5.41) is 0.426. The number of hydrogen-bond acceptors (Lipinski definition) is 6. The standard InChI is InChI=1S/C16H8N2O6/c19-13-9-3-1-2-4-10(9)14(20)18(13)24-15(21)8-5-6-12-11(7-8)17-16(22)23-12/h1-7H,(H,17,22). The Labute approximate surface area is 133 Å². The molecular weight excluding hydrogens is 316 g/mol. The van der Waals surface area contributed by atoms with E-state index >= 15 is 0 Å². The van der Waals surface area contributed by atoms with Gasteiger partial charge in [-0.3, -0.25) is 14.6 Å². The summed E-state index contributed by atoms with van der Waals surface area (Å²) >= 11 is 0. The Balaban J connectivity index is 1.63. The molecule has 1 aliphatic rings. The summed E-state index contributed by atoms with van der Waals surface area (Å²) in [4.78, 5) is 55.0. The topological polar surface area (TPSA) is 110 Å². The van der Waals surface area contributed by atoms with E-state index in [-0.39, 0.29) is 22.3 Å².